The van der Waals surface area contributed by atoms with E-state index < -0.39 is 10.0 Å². The van der Waals surface area contributed by atoms with E-state index in [4.69, 9.17) is 10.5 Å². The van der Waals surface area contributed by atoms with Crippen molar-refractivity contribution in [3.63, 3.8) is 0 Å². The van der Waals surface area contributed by atoms with Crippen LogP contribution < -0.4 is 14.8 Å². The fourth-order valence-corrected chi connectivity index (χ4v) is 2.84. The molecule has 1 heterocycles. The van der Waals surface area contributed by atoms with Crippen molar-refractivity contribution >= 4 is 21.5 Å². The van der Waals surface area contributed by atoms with Crippen molar-refractivity contribution in [3.8, 4) is 5.75 Å². The van der Waals surface area contributed by atoms with Gasteiger partial charge in [-0.2, -0.15) is 0 Å². The molecule has 0 aliphatic carbocycles. The Balaban J connectivity index is 2.45. The van der Waals surface area contributed by atoms with Gasteiger partial charge in [-0.3, -0.25) is 4.31 Å². The summed E-state index contributed by atoms with van der Waals surface area (Å²) < 4.78 is 31.2. The molecule has 0 saturated heterocycles. The summed E-state index contributed by atoms with van der Waals surface area (Å²) in [4.78, 5) is 4.12. The Morgan fingerprint density at radius 1 is 1.25 bits per heavy atom. The van der Waals surface area contributed by atoms with E-state index in [9.17, 15) is 8.42 Å². The number of hydrogen-bond acceptors (Lipinski definition) is 5. The van der Waals surface area contributed by atoms with Gasteiger partial charge in [0.25, 0.3) is 10.0 Å². The van der Waals surface area contributed by atoms with Crippen LogP contribution in [0, 0.1) is 0 Å². The first-order valence-corrected chi connectivity index (χ1v) is 7.24. The molecule has 0 saturated carbocycles. The van der Waals surface area contributed by atoms with E-state index in [1.165, 1.54) is 38.6 Å². The van der Waals surface area contributed by atoms with Crippen molar-refractivity contribution in [2.24, 2.45) is 0 Å². The quantitative estimate of drug-likeness (QED) is 0.863. The molecule has 0 aliphatic rings. The summed E-state index contributed by atoms with van der Waals surface area (Å²) in [5.74, 6) is 0.656. The number of ether oxygens (including phenoxy) is 1. The summed E-state index contributed by atoms with van der Waals surface area (Å²) in [5.41, 5.74) is 6.07. The minimum Gasteiger partial charge on any atom is -0.495 e. The first kappa shape index (κ1) is 14.1. The Bertz CT molecular complexity index is 702. The lowest BCUT2D eigenvalue weighted by Gasteiger charge is -2.18. The zero-order valence-electron chi connectivity index (χ0n) is 11.1. The number of methoxy groups -OCH3 is 1. The molecule has 0 radical (unpaired) electrons. The van der Waals surface area contributed by atoms with Gasteiger partial charge in [-0.05, 0) is 24.3 Å². The van der Waals surface area contributed by atoms with E-state index in [1.54, 1.807) is 18.2 Å². The molecule has 1 aromatic carbocycles. The number of nitrogens with zero attached hydrogens (tertiary/aromatic N) is 2. The summed E-state index contributed by atoms with van der Waals surface area (Å²) in [5, 5.41) is 0. The molecule has 0 atom stereocenters. The van der Waals surface area contributed by atoms with Gasteiger partial charge < -0.3 is 10.5 Å². The van der Waals surface area contributed by atoms with Gasteiger partial charge in [0.15, 0.2) is 0 Å². The van der Waals surface area contributed by atoms with Gasteiger partial charge in [0.05, 0.1) is 17.7 Å². The van der Waals surface area contributed by atoms with Gasteiger partial charge in [0.2, 0.25) is 0 Å². The summed E-state index contributed by atoms with van der Waals surface area (Å²) in [6.07, 6.45) is 1.53. The first-order valence-electron chi connectivity index (χ1n) is 5.80. The maximum absolute atomic E-state index is 12.5. The lowest BCUT2D eigenvalue weighted by molar-refractivity contribution is 0.415. The van der Waals surface area contributed by atoms with Crippen molar-refractivity contribution in [2.75, 3.05) is 24.2 Å². The molecule has 0 amide bonds. The van der Waals surface area contributed by atoms with E-state index in [-0.39, 0.29) is 4.90 Å². The number of sulfonamides is 1. The van der Waals surface area contributed by atoms with Gasteiger partial charge in [-0.25, -0.2) is 13.4 Å². The van der Waals surface area contributed by atoms with Gasteiger partial charge in [-0.15, -0.1) is 0 Å². The summed E-state index contributed by atoms with van der Waals surface area (Å²) in [6, 6.07) is 9.38. The maximum atomic E-state index is 12.5. The molecular weight excluding hydrogens is 278 g/mol. The van der Waals surface area contributed by atoms with E-state index >= 15 is 0 Å². The second kappa shape index (κ2) is 5.38. The van der Waals surface area contributed by atoms with Crippen LogP contribution in [0.4, 0.5) is 11.5 Å². The zero-order chi connectivity index (χ0) is 14.8. The summed E-state index contributed by atoms with van der Waals surface area (Å²) >= 11 is 0. The normalized spacial score (nSPS) is 11.1. The molecule has 0 spiro atoms. The van der Waals surface area contributed by atoms with Crippen LogP contribution >= 0.6 is 0 Å². The third-order valence-corrected chi connectivity index (χ3v) is 4.59. The van der Waals surface area contributed by atoms with Gasteiger partial charge in [0, 0.05) is 19.3 Å². The molecular formula is C13H15N3O3S. The fraction of sp³-hybridized carbons (Fsp3) is 0.154. The van der Waals surface area contributed by atoms with Crippen molar-refractivity contribution in [2.45, 2.75) is 4.90 Å². The highest BCUT2D eigenvalue weighted by Crippen LogP contribution is 2.27. The molecule has 7 heteroatoms. The molecule has 2 N–H and O–H groups in total. The van der Waals surface area contributed by atoms with Crippen LogP contribution in [0.2, 0.25) is 0 Å². The van der Waals surface area contributed by atoms with Crippen LogP contribution in [-0.4, -0.2) is 27.6 Å². The first-order chi connectivity index (χ1) is 9.46. The second-order valence-corrected chi connectivity index (χ2v) is 6.03. The number of pyridine rings is 1. The Labute approximate surface area is 117 Å². The monoisotopic (exact) mass is 293 g/mol. The molecule has 0 aliphatic heterocycles. The van der Waals surface area contributed by atoms with E-state index in [2.05, 4.69) is 4.98 Å². The third kappa shape index (κ3) is 2.53. The molecule has 0 unspecified atom stereocenters. The average molecular weight is 293 g/mol. The highest BCUT2D eigenvalue weighted by molar-refractivity contribution is 7.92. The maximum Gasteiger partial charge on any atom is 0.265 e. The number of rotatable bonds is 4. The molecule has 6 nitrogen and oxygen atoms in total. The largest absolute Gasteiger partial charge is 0.495 e. The smallest absolute Gasteiger partial charge is 0.265 e. The van der Waals surface area contributed by atoms with Crippen LogP contribution in [0.1, 0.15) is 0 Å². The number of anilines is 2. The van der Waals surface area contributed by atoms with Crippen LogP contribution in [0.15, 0.2) is 47.5 Å². The van der Waals surface area contributed by atoms with Gasteiger partial charge in [0.1, 0.15) is 11.6 Å². The van der Waals surface area contributed by atoms with Crippen molar-refractivity contribution in [1.82, 2.24) is 4.98 Å². The summed E-state index contributed by atoms with van der Waals surface area (Å²) in [7, 11) is -0.826. The molecule has 20 heavy (non-hydrogen) atoms. The van der Waals surface area contributed by atoms with Crippen molar-refractivity contribution in [1.29, 1.82) is 0 Å². The van der Waals surface area contributed by atoms with Crippen LogP contribution in [0.5, 0.6) is 5.75 Å². The lowest BCUT2D eigenvalue weighted by Crippen LogP contribution is -2.27. The molecule has 2 aromatic rings. The highest BCUT2D eigenvalue weighted by atomic mass is 32.2. The van der Waals surface area contributed by atoms with E-state index in [1.807, 2.05) is 0 Å². The lowest BCUT2D eigenvalue weighted by atomic mass is 10.3. The number of benzene rings is 1. The van der Waals surface area contributed by atoms with Crippen LogP contribution in [-0.2, 0) is 10.0 Å². The van der Waals surface area contributed by atoms with Crippen molar-refractivity contribution < 1.29 is 13.2 Å². The third-order valence-electron chi connectivity index (χ3n) is 2.84. The minimum absolute atomic E-state index is 0.0942. The number of hydrogen-bond donors (Lipinski definition) is 1. The van der Waals surface area contributed by atoms with E-state index in [0.29, 0.717) is 17.3 Å². The Hall–Kier alpha value is -2.28. The topological polar surface area (TPSA) is 85.5 Å². The zero-order valence-corrected chi connectivity index (χ0v) is 12.0. The number of aromatic nitrogens is 1. The van der Waals surface area contributed by atoms with Crippen molar-refractivity contribution in [3.05, 3.63) is 42.6 Å². The van der Waals surface area contributed by atoms with Crippen LogP contribution in [0.25, 0.3) is 0 Å². The SMILES string of the molecule is COc1cc(S(=O)(=O)N(C)c2ccccn2)ccc1N. The Morgan fingerprint density at radius 2 is 2.00 bits per heavy atom. The standard InChI is InChI=1S/C13H15N3O3S/c1-16(13-5-3-4-8-15-13)20(17,18)10-6-7-11(14)12(9-10)19-2/h3-9H,14H2,1-2H3. The summed E-state index contributed by atoms with van der Waals surface area (Å²) in [6.45, 7) is 0. The Morgan fingerprint density at radius 3 is 2.60 bits per heavy atom. The minimum atomic E-state index is -3.71. The van der Waals surface area contributed by atoms with Crippen LogP contribution in [0.3, 0.4) is 0 Å². The molecule has 1 aromatic heterocycles. The van der Waals surface area contributed by atoms with Gasteiger partial charge >= 0.3 is 0 Å². The predicted molar refractivity (Wildman–Crippen MR) is 77.2 cm³/mol. The molecule has 0 fully saturated rings. The number of nitrogens with two attached hydrogens (primary N) is 1. The molecule has 0 bridgehead atoms. The van der Waals surface area contributed by atoms with Gasteiger partial charge in [-0.1, -0.05) is 6.07 Å². The van der Waals surface area contributed by atoms with E-state index in [0.717, 1.165) is 4.31 Å². The number of nitrogen functional groups attached to an aromatic ring is 1. The second-order valence-electron chi connectivity index (χ2n) is 4.06. The molecule has 106 valence electrons. The fourth-order valence-electron chi connectivity index (χ4n) is 1.67. The average Bonchev–Trinajstić information content (AvgIpc) is 2.47. The highest BCUT2D eigenvalue weighted by Gasteiger charge is 2.23. The Kier molecular flexibility index (Phi) is 3.80. The predicted octanol–water partition coefficient (Wildman–Crippen LogP) is 1.50. The molecule has 2 rings (SSSR count).